The van der Waals surface area contributed by atoms with E-state index in [1.165, 1.54) is 12.3 Å². The maximum Gasteiger partial charge on any atom is 0.284 e. The smallest absolute Gasteiger partial charge is 0.284 e. The van der Waals surface area contributed by atoms with E-state index in [0.717, 1.165) is 0 Å². The molecule has 0 spiro atoms. The number of hydrogen-bond donors (Lipinski definition) is 1. The lowest BCUT2D eigenvalue weighted by Crippen LogP contribution is -2.42. The van der Waals surface area contributed by atoms with Crippen molar-refractivity contribution in [1.82, 2.24) is 5.43 Å². The standard InChI is InChI=1S/C16H13FN2O3/c17-12-6-2-1-5-11(12)9-18-19-16(20)15-10-21-13-7-3-4-8-14(13)22-15/h1-9,15H,10H2,(H,19,20)/b18-9-/t15-/m0/s1. The van der Waals surface area contributed by atoms with Crippen LogP contribution in [0, 0.1) is 5.82 Å². The number of carbonyl (C=O) groups excluding carboxylic acids is 1. The van der Waals surface area contributed by atoms with Gasteiger partial charge in [0.05, 0.1) is 6.21 Å². The van der Waals surface area contributed by atoms with Crippen LogP contribution in [0.15, 0.2) is 53.6 Å². The van der Waals surface area contributed by atoms with Gasteiger partial charge in [-0.25, -0.2) is 9.82 Å². The molecule has 1 heterocycles. The Kier molecular flexibility index (Phi) is 4.00. The topological polar surface area (TPSA) is 59.9 Å². The van der Waals surface area contributed by atoms with Gasteiger partial charge < -0.3 is 9.47 Å². The summed E-state index contributed by atoms with van der Waals surface area (Å²) in [4.78, 5) is 12.0. The minimum absolute atomic E-state index is 0.0953. The number of para-hydroxylation sites is 2. The van der Waals surface area contributed by atoms with Gasteiger partial charge in [0, 0.05) is 5.56 Å². The zero-order valence-corrected chi connectivity index (χ0v) is 11.5. The number of amides is 1. The molecule has 5 nitrogen and oxygen atoms in total. The summed E-state index contributed by atoms with van der Waals surface area (Å²) in [5.74, 6) is 0.238. The summed E-state index contributed by atoms with van der Waals surface area (Å²) in [5, 5.41) is 3.73. The number of carbonyl (C=O) groups is 1. The number of hydrazone groups is 1. The Morgan fingerprint density at radius 3 is 2.73 bits per heavy atom. The van der Waals surface area contributed by atoms with Crippen LogP contribution < -0.4 is 14.9 Å². The zero-order valence-electron chi connectivity index (χ0n) is 11.5. The predicted octanol–water partition coefficient (Wildman–Crippen LogP) is 2.12. The number of rotatable bonds is 3. The Bertz CT molecular complexity index is 718. The van der Waals surface area contributed by atoms with Gasteiger partial charge in [-0.3, -0.25) is 4.79 Å². The molecule has 0 bridgehead atoms. The van der Waals surface area contributed by atoms with Gasteiger partial charge in [0.15, 0.2) is 11.5 Å². The summed E-state index contributed by atoms with van der Waals surface area (Å²) in [6.07, 6.45) is 0.442. The normalized spacial score (nSPS) is 16.5. The molecule has 3 rings (SSSR count). The van der Waals surface area contributed by atoms with Crippen LogP contribution in [0.3, 0.4) is 0 Å². The molecule has 1 aliphatic heterocycles. The van der Waals surface area contributed by atoms with Gasteiger partial charge in [-0.1, -0.05) is 30.3 Å². The molecule has 0 fully saturated rings. The molecule has 22 heavy (non-hydrogen) atoms. The van der Waals surface area contributed by atoms with Crippen LogP contribution in [0.25, 0.3) is 0 Å². The Labute approximate surface area is 126 Å². The molecule has 0 saturated heterocycles. The zero-order chi connectivity index (χ0) is 15.4. The summed E-state index contributed by atoms with van der Waals surface area (Å²) in [5.41, 5.74) is 2.60. The Balaban J connectivity index is 1.60. The molecule has 0 aliphatic carbocycles. The Morgan fingerprint density at radius 2 is 1.91 bits per heavy atom. The van der Waals surface area contributed by atoms with E-state index < -0.39 is 17.8 Å². The Hall–Kier alpha value is -2.89. The first-order valence-corrected chi connectivity index (χ1v) is 6.70. The van der Waals surface area contributed by atoms with E-state index in [0.29, 0.717) is 11.5 Å². The third-order valence-electron chi connectivity index (χ3n) is 3.08. The SMILES string of the molecule is O=C(N/N=C\c1ccccc1F)[C@@H]1COc2ccccc2O1. The van der Waals surface area contributed by atoms with E-state index in [9.17, 15) is 9.18 Å². The lowest BCUT2D eigenvalue weighted by Gasteiger charge is -2.24. The summed E-state index contributed by atoms with van der Waals surface area (Å²) in [6.45, 7) is 0.0953. The lowest BCUT2D eigenvalue weighted by atomic mass is 10.2. The van der Waals surface area contributed by atoms with Crippen molar-refractivity contribution in [3.05, 3.63) is 59.9 Å². The first-order chi connectivity index (χ1) is 10.7. The maximum atomic E-state index is 13.4. The number of nitrogens with one attached hydrogen (secondary N) is 1. The number of benzene rings is 2. The van der Waals surface area contributed by atoms with Crippen molar-refractivity contribution in [2.24, 2.45) is 5.10 Å². The van der Waals surface area contributed by atoms with Crippen LogP contribution in [-0.4, -0.2) is 24.8 Å². The van der Waals surface area contributed by atoms with Crippen molar-refractivity contribution < 1.29 is 18.7 Å². The molecule has 0 aromatic heterocycles. The first kappa shape index (κ1) is 14.1. The fourth-order valence-corrected chi connectivity index (χ4v) is 1.97. The lowest BCUT2D eigenvalue weighted by molar-refractivity contribution is -0.130. The average Bonchev–Trinajstić information content (AvgIpc) is 2.56. The number of hydrogen-bond acceptors (Lipinski definition) is 4. The highest BCUT2D eigenvalue weighted by molar-refractivity contribution is 5.85. The quantitative estimate of drug-likeness (QED) is 0.697. The fraction of sp³-hybridized carbons (Fsp3) is 0.125. The summed E-state index contributed by atoms with van der Waals surface area (Å²) in [7, 11) is 0. The van der Waals surface area contributed by atoms with E-state index in [1.54, 1.807) is 36.4 Å². The minimum atomic E-state index is -0.798. The van der Waals surface area contributed by atoms with Crippen molar-refractivity contribution in [2.75, 3.05) is 6.61 Å². The van der Waals surface area contributed by atoms with Crippen molar-refractivity contribution in [2.45, 2.75) is 6.10 Å². The predicted molar refractivity (Wildman–Crippen MR) is 78.5 cm³/mol. The van der Waals surface area contributed by atoms with Gasteiger partial charge in [-0.05, 0) is 18.2 Å². The first-order valence-electron chi connectivity index (χ1n) is 6.70. The number of ether oxygens (including phenoxy) is 2. The molecule has 1 N–H and O–H groups in total. The molecule has 2 aromatic rings. The van der Waals surface area contributed by atoms with Gasteiger partial charge in [-0.15, -0.1) is 0 Å². The molecule has 0 unspecified atom stereocenters. The van der Waals surface area contributed by atoms with Crippen LogP contribution in [-0.2, 0) is 4.79 Å². The molecule has 0 radical (unpaired) electrons. The monoisotopic (exact) mass is 300 g/mol. The number of halogens is 1. The van der Waals surface area contributed by atoms with Crippen LogP contribution >= 0.6 is 0 Å². The molecular formula is C16H13FN2O3. The highest BCUT2D eigenvalue weighted by Crippen LogP contribution is 2.30. The van der Waals surface area contributed by atoms with Gasteiger partial charge in [0.1, 0.15) is 12.4 Å². The third kappa shape index (κ3) is 3.06. The molecular weight excluding hydrogens is 287 g/mol. The molecule has 1 aliphatic rings. The highest BCUT2D eigenvalue weighted by atomic mass is 19.1. The highest BCUT2D eigenvalue weighted by Gasteiger charge is 2.26. The van der Waals surface area contributed by atoms with Crippen molar-refractivity contribution in [3.8, 4) is 11.5 Å². The average molecular weight is 300 g/mol. The van der Waals surface area contributed by atoms with Crippen LogP contribution in [0.5, 0.6) is 11.5 Å². The molecule has 0 saturated carbocycles. The van der Waals surface area contributed by atoms with Crippen molar-refractivity contribution in [1.29, 1.82) is 0 Å². The molecule has 2 aromatic carbocycles. The van der Waals surface area contributed by atoms with E-state index >= 15 is 0 Å². The van der Waals surface area contributed by atoms with E-state index in [1.807, 2.05) is 6.07 Å². The second kappa shape index (κ2) is 6.26. The second-order valence-corrected chi connectivity index (χ2v) is 4.62. The van der Waals surface area contributed by atoms with E-state index in [-0.39, 0.29) is 12.2 Å². The number of fused-ring (bicyclic) bond motifs is 1. The molecule has 1 atom stereocenters. The third-order valence-corrected chi connectivity index (χ3v) is 3.08. The molecule has 112 valence electrons. The minimum Gasteiger partial charge on any atom is -0.485 e. The second-order valence-electron chi connectivity index (χ2n) is 4.62. The molecule has 1 amide bonds. The van der Waals surface area contributed by atoms with Crippen molar-refractivity contribution in [3.63, 3.8) is 0 Å². The van der Waals surface area contributed by atoms with E-state index in [2.05, 4.69) is 10.5 Å². The summed E-state index contributed by atoms with van der Waals surface area (Å²) >= 11 is 0. The maximum absolute atomic E-state index is 13.4. The Morgan fingerprint density at radius 1 is 1.18 bits per heavy atom. The van der Waals surface area contributed by atoms with Crippen molar-refractivity contribution >= 4 is 12.1 Å². The van der Waals surface area contributed by atoms with Gasteiger partial charge in [0.2, 0.25) is 6.10 Å². The largest absolute Gasteiger partial charge is 0.485 e. The molecule has 6 heteroatoms. The van der Waals surface area contributed by atoms with Crippen LogP contribution in [0.4, 0.5) is 4.39 Å². The number of nitrogens with zero attached hydrogens (tertiary/aromatic N) is 1. The van der Waals surface area contributed by atoms with Gasteiger partial charge in [0.25, 0.3) is 5.91 Å². The fourth-order valence-electron chi connectivity index (χ4n) is 1.97. The van der Waals surface area contributed by atoms with Crippen LogP contribution in [0.1, 0.15) is 5.56 Å². The summed E-state index contributed by atoms with van der Waals surface area (Å²) in [6, 6.07) is 13.2. The summed E-state index contributed by atoms with van der Waals surface area (Å²) < 4.78 is 24.4. The van der Waals surface area contributed by atoms with Crippen LogP contribution in [0.2, 0.25) is 0 Å². The van der Waals surface area contributed by atoms with E-state index in [4.69, 9.17) is 9.47 Å². The van der Waals surface area contributed by atoms with Gasteiger partial charge in [-0.2, -0.15) is 5.10 Å². The van der Waals surface area contributed by atoms with Gasteiger partial charge >= 0.3 is 0 Å².